The molecule has 0 aromatic heterocycles. The number of ether oxygens (including phenoxy) is 1. The van der Waals surface area contributed by atoms with Gasteiger partial charge >= 0.3 is 0 Å². The van der Waals surface area contributed by atoms with E-state index in [4.69, 9.17) is 10.5 Å². The largest absolute Gasteiger partial charge is 0.375 e. The van der Waals surface area contributed by atoms with Crippen molar-refractivity contribution >= 4 is 18.3 Å². The van der Waals surface area contributed by atoms with Crippen molar-refractivity contribution in [3.63, 3.8) is 0 Å². The highest BCUT2D eigenvalue weighted by Crippen LogP contribution is 2.13. The first-order valence-electron chi connectivity index (χ1n) is 5.74. The Kier molecular flexibility index (Phi) is 6.95. The number of morpholine rings is 1. The number of carbonyl (C=O) groups is 1. The molecule has 0 saturated carbocycles. The summed E-state index contributed by atoms with van der Waals surface area (Å²) in [6.45, 7) is 7.31. The molecule has 2 N–H and O–H groups in total. The van der Waals surface area contributed by atoms with E-state index in [9.17, 15) is 4.79 Å². The number of carbonyl (C=O) groups excluding carboxylic acids is 1. The van der Waals surface area contributed by atoms with E-state index in [1.54, 1.807) is 0 Å². The van der Waals surface area contributed by atoms with E-state index in [0.717, 1.165) is 12.8 Å². The van der Waals surface area contributed by atoms with E-state index in [1.165, 1.54) is 0 Å². The minimum absolute atomic E-state index is 0. The molecule has 1 aliphatic rings. The van der Waals surface area contributed by atoms with Gasteiger partial charge in [-0.2, -0.15) is 0 Å². The molecule has 16 heavy (non-hydrogen) atoms. The molecule has 1 fully saturated rings. The Morgan fingerprint density at radius 3 is 2.75 bits per heavy atom. The molecule has 0 radical (unpaired) electrons. The van der Waals surface area contributed by atoms with Crippen LogP contribution >= 0.6 is 12.4 Å². The smallest absolute Gasteiger partial charge is 0.239 e. The molecule has 1 amide bonds. The number of rotatable bonds is 3. The highest BCUT2D eigenvalue weighted by molar-refractivity contribution is 5.85. The summed E-state index contributed by atoms with van der Waals surface area (Å²) in [5.41, 5.74) is 5.83. The van der Waals surface area contributed by atoms with Crippen molar-refractivity contribution in [3.8, 4) is 0 Å². The lowest BCUT2D eigenvalue weighted by molar-refractivity contribution is -0.144. The van der Waals surface area contributed by atoms with Gasteiger partial charge in [0, 0.05) is 6.54 Å². The zero-order valence-electron chi connectivity index (χ0n) is 10.3. The van der Waals surface area contributed by atoms with Gasteiger partial charge in [-0.05, 0) is 20.3 Å². The molecule has 0 aliphatic carbocycles. The highest BCUT2D eigenvalue weighted by Gasteiger charge is 2.29. The summed E-state index contributed by atoms with van der Waals surface area (Å²) in [5.74, 6) is 0.0690. The second kappa shape index (κ2) is 7.09. The molecular weight excluding hydrogens is 228 g/mol. The van der Waals surface area contributed by atoms with Gasteiger partial charge in [0.2, 0.25) is 5.91 Å². The van der Waals surface area contributed by atoms with Gasteiger partial charge < -0.3 is 15.4 Å². The first-order chi connectivity index (χ1) is 7.06. The van der Waals surface area contributed by atoms with E-state index in [2.05, 4.69) is 0 Å². The van der Waals surface area contributed by atoms with Crippen molar-refractivity contribution in [3.05, 3.63) is 0 Å². The molecule has 0 bridgehead atoms. The Labute approximate surface area is 104 Å². The van der Waals surface area contributed by atoms with E-state index in [0.29, 0.717) is 13.2 Å². The zero-order valence-corrected chi connectivity index (χ0v) is 11.1. The first-order valence-corrected chi connectivity index (χ1v) is 5.74. The molecular formula is C11H23ClN2O2. The molecule has 0 aromatic carbocycles. The van der Waals surface area contributed by atoms with Crippen molar-refractivity contribution in [1.29, 1.82) is 0 Å². The quantitative estimate of drug-likeness (QED) is 0.818. The number of halogens is 1. The average Bonchev–Trinajstić information content (AvgIpc) is 2.21. The van der Waals surface area contributed by atoms with Gasteiger partial charge in [-0.25, -0.2) is 0 Å². The van der Waals surface area contributed by atoms with Crippen LogP contribution in [-0.4, -0.2) is 42.1 Å². The SMILES string of the molecule is CCCC(N)C(=O)N1CC(C)OCC1C.Cl. The summed E-state index contributed by atoms with van der Waals surface area (Å²) in [7, 11) is 0. The van der Waals surface area contributed by atoms with Gasteiger partial charge in [0.05, 0.1) is 24.8 Å². The third-order valence-electron chi connectivity index (χ3n) is 2.81. The first kappa shape index (κ1) is 15.7. The predicted octanol–water partition coefficient (Wildman–Crippen LogP) is 1.17. The maximum absolute atomic E-state index is 12.0. The van der Waals surface area contributed by atoms with Gasteiger partial charge in [-0.1, -0.05) is 13.3 Å². The molecule has 5 heteroatoms. The molecule has 1 saturated heterocycles. The predicted molar refractivity (Wildman–Crippen MR) is 66.7 cm³/mol. The van der Waals surface area contributed by atoms with Crippen LogP contribution in [0, 0.1) is 0 Å². The van der Waals surface area contributed by atoms with Crippen LogP contribution < -0.4 is 5.73 Å². The summed E-state index contributed by atoms with van der Waals surface area (Å²) in [4.78, 5) is 13.8. The fourth-order valence-electron chi connectivity index (χ4n) is 1.86. The normalized spacial score (nSPS) is 27.1. The Bertz CT molecular complexity index is 226. The lowest BCUT2D eigenvalue weighted by Gasteiger charge is -2.38. The Hall–Kier alpha value is -0.320. The summed E-state index contributed by atoms with van der Waals surface area (Å²) >= 11 is 0. The average molecular weight is 251 g/mol. The molecule has 0 spiro atoms. The molecule has 3 unspecified atom stereocenters. The van der Waals surface area contributed by atoms with Crippen LogP contribution in [0.5, 0.6) is 0 Å². The summed E-state index contributed by atoms with van der Waals surface area (Å²) in [6.07, 6.45) is 1.83. The lowest BCUT2D eigenvalue weighted by Crippen LogP contribution is -2.55. The van der Waals surface area contributed by atoms with Crippen molar-refractivity contribution < 1.29 is 9.53 Å². The molecule has 1 rings (SSSR count). The Morgan fingerprint density at radius 1 is 1.56 bits per heavy atom. The van der Waals surface area contributed by atoms with Crippen LogP contribution in [-0.2, 0) is 9.53 Å². The standard InChI is InChI=1S/C11H22N2O2.ClH/c1-4-5-10(12)11(14)13-6-9(3)15-7-8(13)2;/h8-10H,4-7,12H2,1-3H3;1H. The molecule has 3 atom stereocenters. The molecule has 96 valence electrons. The minimum Gasteiger partial charge on any atom is -0.375 e. The lowest BCUT2D eigenvalue weighted by atomic mass is 10.1. The summed E-state index contributed by atoms with van der Waals surface area (Å²) in [6, 6.07) is -0.195. The monoisotopic (exact) mass is 250 g/mol. The zero-order chi connectivity index (χ0) is 11.4. The fraction of sp³-hybridized carbons (Fsp3) is 0.909. The van der Waals surface area contributed by atoms with Crippen LogP contribution in [0.15, 0.2) is 0 Å². The molecule has 1 aliphatic heterocycles. The number of hydrogen-bond donors (Lipinski definition) is 1. The number of hydrogen-bond acceptors (Lipinski definition) is 3. The van der Waals surface area contributed by atoms with Crippen LogP contribution in [0.4, 0.5) is 0 Å². The number of nitrogens with zero attached hydrogens (tertiary/aromatic N) is 1. The fourth-order valence-corrected chi connectivity index (χ4v) is 1.86. The number of amides is 1. The van der Waals surface area contributed by atoms with Crippen LogP contribution in [0.1, 0.15) is 33.6 Å². The van der Waals surface area contributed by atoms with E-state index in [-0.39, 0.29) is 36.5 Å². The van der Waals surface area contributed by atoms with Crippen LogP contribution in [0.25, 0.3) is 0 Å². The Balaban J connectivity index is 0.00000225. The van der Waals surface area contributed by atoms with Crippen molar-refractivity contribution in [2.75, 3.05) is 13.2 Å². The maximum Gasteiger partial charge on any atom is 0.239 e. The van der Waals surface area contributed by atoms with Gasteiger partial charge in [0.15, 0.2) is 0 Å². The molecule has 4 nitrogen and oxygen atoms in total. The van der Waals surface area contributed by atoms with Gasteiger partial charge in [0.25, 0.3) is 0 Å². The van der Waals surface area contributed by atoms with Crippen molar-refractivity contribution in [1.82, 2.24) is 4.90 Å². The summed E-state index contributed by atoms with van der Waals surface area (Å²) in [5, 5.41) is 0. The number of nitrogens with two attached hydrogens (primary N) is 1. The topological polar surface area (TPSA) is 55.6 Å². The Morgan fingerprint density at radius 2 is 2.19 bits per heavy atom. The minimum atomic E-state index is -0.345. The maximum atomic E-state index is 12.0. The van der Waals surface area contributed by atoms with Gasteiger partial charge in [-0.15, -0.1) is 12.4 Å². The third kappa shape index (κ3) is 3.92. The van der Waals surface area contributed by atoms with Crippen molar-refractivity contribution in [2.45, 2.75) is 51.8 Å². The molecule has 1 heterocycles. The van der Waals surface area contributed by atoms with E-state index >= 15 is 0 Å². The van der Waals surface area contributed by atoms with E-state index < -0.39 is 0 Å². The van der Waals surface area contributed by atoms with Gasteiger partial charge in [0.1, 0.15) is 0 Å². The second-order valence-corrected chi connectivity index (χ2v) is 4.38. The van der Waals surface area contributed by atoms with Crippen LogP contribution in [0.3, 0.4) is 0 Å². The molecule has 0 aromatic rings. The highest BCUT2D eigenvalue weighted by atomic mass is 35.5. The van der Waals surface area contributed by atoms with E-state index in [1.807, 2.05) is 25.7 Å². The van der Waals surface area contributed by atoms with Gasteiger partial charge in [-0.3, -0.25) is 4.79 Å². The van der Waals surface area contributed by atoms with Crippen LogP contribution in [0.2, 0.25) is 0 Å². The van der Waals surface area contributed by atoms with Crippen molar-refractivity contribution in [2.24, 2.45) is 5.73 Å². The third-order valence-corrected chi connectivity index (χ3v) is 2.81. The second-order valence-electron chi connectivity index (χ2n) is 4.38. The summed E-state index contributed by atoms with van der Waals surface area (Å²) < 4.78 is 5.48.